The molecule has 2 aromatic rings. The smallest absolute Gasteiger partial charge is 0.335 e. The summed E-state index contributed by atoms with van der Waals surface area (Å²) >= 11 is 0. The van der Waals surface area contributed by atoms with Crippen LogP contribution in [0, 0.1) is 5.41 Å². The second-order valence-corrected chi connectivity index (χ2v) is 25.3. The molecule has 0 aromatic heterocycles. The number of benzene rings is 2. The molecule has 0 heterocycles. The third-order valence-corrected chi connectivity index (χ3v) is 20.5. The van der Waals surface area contributed by atoms with Crippen LogP contribution in [0.15, 0.2) is 71.8 Å². The number of carbonyl (C=O) groups excluding carboxylic acids is 2. The van der Waals surface area contributed by atoms with Crippen molar-refractivity contribution in [3.63, 3.8) is 0 Å². The van der Waals surface area contributed by atoms with Gasteiger partial charge in [0.05, 0.1) is 11.5 Å². The third-order valence-electron chi connectivity index (χ3n) is 11.4. The van der Waals surface area contributed by atoms with Crippen molar-refractivity contribution in [1.29, 1.82) is 0 Å². The van der Waals surface area contributed by atoms with Gasteiger partial charge in [-0.15, -0.1) is 0 Å². The molecule has 0 fully saturated rings. The Hall–Kier alpha value is -2.37. The Bertz CT molecular complexity index is 1330. The molecular formula is C41H66O6Si2. The summed E-state index contributed by atoms with van der Waals surface area (Å²) in [5.41, 5.74) is 2.14. The number of esters is 1. The van der Waals surface area contributed by atoms with Gasteiger partial charge in [0, 0.05) is 5.92 Å². The lowest BCUT2D eigenvalue weighted by atomic mass is 9.77. The van der Waals surface area contributed by atoms with Gasteiger partial charge in [0.1, 0.15) is 12.2 Å². The fourth-order valence-electron chi connectivity index (χ4n) is 6.23. The molecular weight excluding hydrogens is 645 g/mol. The third kappa shape index (κ3) is 10.3. The van der Waals surface area contributed by atoms with Crippen molar-refractivity contribution >= 4 is 28.4 Å². The molecule has 0 aliphatic rings. The zero-order valence-corrected chi connectivity index (χ0v) is 35.0. The van der Waals surface area contributed by atoms with E-state index >= 15 is 0 Å². The van der Waals surface area contributed by atoms with Gasteiger partial charge in [0.15, 0.2) is 28.5 Å². The molecule has 2 rings (SSSR count). The Morgan fingerprint density at radius 2 is 1.20 bits per heavy atom. The highest BCUT2D eigenvalue weighted by Crippen LogP contribution is 2.41. The Kier molecular flexibility index (Phi) is 15.5. The van der Waals surface area contributed by atoms with Crippen LogP contribution in [0.25, 0.3) is 0 Å². The number of aliphatic hydroxyl groups excluding tert-OH is 1. The summed E-state index contributed by atoms with van der Waals surface area (Å²) in [6.07, 6.45) is -2.58. The van der Waals surface area contributed by atoms with Gasteiger partial charge in [-0.05, 0) is 85.7 Å². The minimum atomic E-state index is -2.46. The molecule has 0 amide bonds. The molecule has 2 aromatic carbocycles. The predicted molar refractivity (Wildman–Crippen MR) is 208 cm³/mol. The molecule has 49 heavy (non-hydrogen) atoms. The minimum Gasteiger partial charge on any atom is -0.456 e. The van der Waals surface area contributed by atoms with Crippen LogP contribution in [0.2, 0.25) is 36.3 Å². The molecule has 0 aliphatic heterocycles. The Morgan fingerprint density at radius 1 is 0.755 bits per heavy atom. The van der Waals surface area contributed by atoms with Crippen molar-refractivity contribution < 1.29 is 28.3 Å². The summed E-state index contributed by atoms with van der Waals surface area (Å²) in [4.78, 5) is 28.4. The molecule has 1 N–H and O–H groups in total. The van der Waals surface area contributed by atoms with Crippen molar-refractivity contribution in [1.82, 2.24) is 0 Å². The van der Waals surface area contributed by atoms with E-state index in [2.05, 4.69) is 54.6 Å². The predicted octanol–water partition coefficient (Wildman–Crippen LogP) is 10.2. The highest BCUT2D eigenvalue weighted by molar-refractivity contribution is 6.74. The summed E-state index contributed by atoms with van der Waals surface area (Å²) in [5.74, 6) is -1.15. The fourth-order valence-corrected chi connectivity index (χ4v) is 10.5. The van der Waals surface area contributed by atoms with Crippen molar-refractivity contribution in [3.8, 4) is 0 Å². The minimum absolute atomic E-state index is 0.146. The number of ether oxygens (including phenoxy) is 1. The van der Waals surface area contributed by atoms with Crippen molar-refractivity contribution in [2.24, 2.45) is 5.41 Å². The van der Waals surface area contributed by atoms with Crippen LogP contribution in [-0.4, -0.2) is 57.9 Å². The first-order valence-corrected chi connectivity index (χ1v) is 23.7. The standard InChI is InChI=1S/C41H66O6Si2/c1-15-34(46-49(16-2,17-3)18-4)41(11,12)38(43)36(42)30(6)29(5)31(7)45-39(44)37(47-48(13,14)40(8,9)10)35(32-25-21-19-22-26-32)33-27-23-20-24-28-33/h19-28,31,34-37,42H,15-18H2,1-14H3/b30-29+/t31?,34?,36-,37-/m1/s1. The monoisotopic (exact) mass is 710 g/mol. The summed E-state index contributed by atoms with van der Waals surface area (Å²) in [7, 11) is -4.45. The van der Waals surface area contributed by atoms with Crippen molar-refractivity contribution in [2.45, 2.75) is 156 Å². The molecule has 0 radical (unpaired) electrons. The number of rotatable bonds is 18. The maximum Gasteiger partial charge on any atom is 0.335 e. The van der Waals surface area contributed by atoms with Gasteiger partial charge in [-0.2, -0.15) is 0 Å². The summed E-state index contributed by atoms with van der Waals surface area (Å²) in [6, 6.07) is 22.9. The van der Waals surface area contributed by atoms with Crippen LogP contribution in [-0.2, 0) is 23.2 Å². The van der Waals surface area contributed by atoms with E-state index < -0.39 is 52.2 Å². The number of carbonyl (C=O) groups is 2. The van der Waals surface area contributed by atoms with Crippen molar-refractivity contribution in [3.05, 3.63) is 82.9 Å². The second kappa shape index (κ2) is 17.7. The van der Waals surface area contributed by atoms with Gasteiger partial charge in [-0.25, -0.2) is 4.79 Å². The van der Waals surface area contributed by atoms with Crippen LogP contribution >= 0.6 is 0 Å². The van der Waals surface area contributed by atoms with Gasteiger partial charge in [0.25, 0.3) is 0 Å². The van der Waals surface area contributed by atoms with Crippen molar-refractivity contribution in [2.75, 3.05) is 0 Å². The molecule has 4 atom stereocenters. The van der Waals surface area contributed by atoms with E-state index in [9.17, 15) is 14.7 Å². The quantitative estimate of drug-likeness (QED) is 0.0942. The number of hydrogen-bond acceptors (Lipinski definition) is 6. The maximum atomic E-state index is 14.4. The van der Waals surface area contributed by atoms with E-state index in [4.69, 9.17) is 13.6 Å². The fraction of sp³-hybridized carbons (Fsp3) is 0.610. The number of aliphatic hydroxyl groups is 1. The van der Waals surface area contributed by atoms with E-state index in [0.717, 1.165) is 29.3 Å². The van der Waals surface area contributed by atoms with Crippen LogP contribution in [0.1, 0.15) is 107 Å². The molecule has 2 unspecified atom stereocenters. The van der Waals surface area contributed by atoms with E-state index in [0.29, 0.717) is 17.6 Å². The molecule has 0 bridgehead atoms. The largest absolute Gasteiger partial charge is 0.456 e. The first kappa shape index (κ1) is 42.8. The molecule has 0 spiro atoms. The van der Waals surface area contributed by atoms with E-state index in [1.165, 1.54) is 0 Å². The Balaban J connectivity index is 2.49. The first-order valence-electron chi connectivity index (χ1n) is 18.3. The molecule has 8 heteroatoms. The lowest BCUT2D eigenvalue weighted by Crippen LogP contribution is -2.50. The lowest BCUT2D eigenvalue weighted by molar-refractivity contribution is -0.156. The van der Waals surface area contributed by atoms with E-state index in [-0.39, 0.29) is 16.9 Å². The SMILES string of the molecule is CCC(O[Si](CC)(CC)CC)C(C)(C)C(=O)[C@H](O)/C(C)=C(\C)C(C)OC(=O)[C@H](O[Si](C)(C)C(C)(C)C)C(c1ccccc1)c1ccccc1. The van der Waals surface area contributed by atoms with Crippen LogP contribution in [0.5, 0.6) is 0 Å². The zero-order chi connectivity index (χ0) is 37.4. The number of Topliss-reactive ketones (excluding diaryl/α,β-unsaturated/α-hetero) is 1. The maximum absolute atomic E-state index is 14.4. The molecule has 0 saturated heterocycles. The van der Waals surface area contributed by atoms with Crippen LogP contribution in [0.3, 0.4) is 0 Å². The second-order valence-electron chi connectivity index (χ2n) is 15.8. The molecule has 274 valence electrons. The lowest BCUT2D eigenvalue weighted by Gasteiger charge is -2.41. The summed E-state index contributed by atoms with van der Waals surface area (Å²) in [6.45, 7) is 28.5. The van der Waals surface area contributed by atoms with Gasteiger partial charge in [0.2, 0.25) is 0 Å². The van der Waals surface area contributed by atoms with Crippen LogP contribution in [0.4, 0.5) is 0 Å². The number of ketones is 1. The first-order chi connectivity index (χ1) is 22.7. The Labute approximate surface area is 300 Å². The van der Waals surface area contributed by atoms with Gasteiger partial charge < -0.3 is 18.7 Å². The summed E-state index contributed by atoms with van der Waals surface area (Å²) < 4.78 is 20.0. The highest BCUT2D eigenvalue weighted by atomic mass is 28.4. The number of hydrogen-bond donors (Lipinski definition) is 1. The highest BCUT2D eigenvalue weighted by Gasteiger charge is 2.46. The molecule has 0 aliphatic carbocycles. The average Bonchev–Trinajstić information content (AvgIpc) is 3.07. The Morgan fingerprint density at radius 3 is 1.59 bits per heavy atom. The molecule has 0 saturated carbocycles. The van der Waals surface area contributed by atoms with Crippen LogP contribution < -0.4 is 0 Å². The topological polar surface area (TPSA) is 82.1 Å². The summed E-state index contributed by atoms with van der Waals surface area (Å²) in [5, 5.41) is 11.4. The van der Waals surface area contributed by atoms with Gasteiger partial charge >= 0.3 is 5.97 Å². The average molecular weight is 711 g/mol. The van der Waals surface area contributed by atoms with E-state index in [1.54, 1.807) is 13.8 Å². The normalized spacial score (nSPS) is 16.1. The van der Waals surface area contributed by atoms with Gasteiger partial charge in [-0.3, -0.25) is 4.79 Å². The van der Waals surface area contributed by atoms with E-state index in [1.807, 2.05) is 88.4 Å². The van der Waals surface area contributed by atoms with Gasteiger partial charge in [-0.1, -0.05) is 123 Å². The zero-order valence-electron chi connectivity index (χ0n) is 33.0. The molecule has 6 nitrogen and oxygen atoms in total.